The Bertz CT molecular complexity index is 707. The molecular formula is C15H13BrN2O. The van der Waals surface area contributed by atoms with E-state index in [0.29, 0.717) is 6.61 Å². The van der Waals surface area contributed by atoms with Crippen molar-refractivity contribution in [2.45, 2.75) is 13.5 Å². The highest BCUT2D eigenvalue weighted by atomic mass is 79.9. The number of hydrogen-bond acceptors (Lipinski definition) is 2. The van der Waals surface area contributed by atoms with Crippen LogP contribution in [0.15, 0.2) is 46.9 Å². The number of rotatable bonds is 3. The molecule has 3 rings (SSSR count). The van der Waals surface area contributed by atoms with Crippen LogP contribution in [0, 0.1) is 6.92 Å². The van der Waals surface area contributed by atoms with Crippen LogP contribution >= 0.6 is 15.9 Å². The molecule has 3 aromatic rings. The SMILES string of the molecule is Cc1cc(Br)cc2[nH]c(COc3ccccc3)nc12. The van der Waals surface area contributed by atoms with Crippen molar-refractivity contribution in [3.63, 3.8) is 0 Å². The molecule has 0 bridgehead atoms. The molecule has 0 fully saturated rings. The number of aromatic amines is 1. The average Bonchev–Trinajstić information content (AvgIpc) is 2.81. The molecule has 0 atom stereocenters. The number of aromatic nitrogens is 2. The maximum atomic E-state index is 5.69. The number of nitrogens with one attached hydrogen (secondary N) is 1. The minimum absolute atomic E-state index is 0.440. The quantitative estimate of drug-likeness (QED) is 0.786. The number of nitrogens with zero attached hydrogens (tertiary/aromatic N) is 1. The van der Waals surface area contributed by atoms with E-state index >= 15 is 0 Å². The molecule has 0 saturated heterocycles. The topological polar surface area (TPSA) is 37.9 Å². The third-order valence-electron chi connectivity index (χ3n) is 2.91. The fourth-order valence-corrected chi connectivity index (χ4v) is 2.61. The molecular weight excluding hydrogens is 304 g/mol. The lowest BCUT2D eigenvalue weighted by atomic mass is 10.2. The van der Waals surface area contributed by atoms with E-state index < -0.39 is 0 Å². The predicted molar refractivity (Wildman–Crippen MR) is 79.3 cm³/mol. The van der Waals surface area contributed by atoms with E-state index in [1.165, 1.54) is 0 Å². The molecule has 3 nitrogen and oxygen atoms in total. The van der Waals surface area contributed by atoms with Crippen molar-refractivity contribution >= 4 is 27.0 Å². The van der Waals surface area contributed by atoms with Crippen molar-refractivity contribution in [3.05, 3.63) is 58.3 Å². The van der Waals surface area contributed by atoms with Crippen molar-refractivity contribution in [1.29, 1.82) is 0 Å². The Balaban J connectivity index is 1.84. The summed E-state index contributed by atoms with van der Waals surface area (Å²) in [6, 6.07) is 13.8. The van der Waals surface area contributed by atoms with E-state index in [2.05, 4.69) is 38.9 Å². The summed E-state index contributed by atoms with van der Waals surface area (Å²) in [4.78, 5) is 7.85. The van der Waals surface area contributed by atoms with Crippen LogP contribution in [0.5, 0.6) is 5.75 Å². The largest absolute Gasteiger partial charge is 0.486 e. The van der Waals surface area contributed by atoms with Gasteiger partial charge in [-0.3, -0.25) is 0 Å². The van der Waals surface area contributed by atoms with Gasteiger partial charge in [0.15, 0.2) is 0 Å². The van der Waals surface area contributed by atoms with Crippen LogP contribution in [0.2, 0.25) is 0 Å². The van der Waals surface area contributed by atoms with Gasteiger partial charge >= 0.3 is 0 Å². The number of imidazole rings is 1. The van der Waals surface area contributed by atoms with Gasteiger partial charge in [-0.15, -0.1) is 0 Å². The summed E-state index contributed by atoms with van der Waals surface area (Å²) >= 11 is 3.49. The number of ether oxygens (including phenoxy) is 1. The maximum Gasteiger partial charge on any atom is 0.146 e. The molecule has 0 amide bonds. The Morgan fingerprint density at radius 1 is 1.21 bits per heavy atom. The maximum absolute atomic E-state index is 5.69. The Hall–Kier alpha value is -1.81. The molecule has 1 heterocycles. The molecule has 0 unspecified atom stereocenters. The standard InChI is InChI=1S/C15H13BrN2O/c1-10-7-11(16)8-13-15(10)18-14(17-13)9-19-12-5-3-2-4-6-12/h2-8H,9H2,1H3,(H,17,18). The van der Waals surface area contributed by atoms with Crippen LogP contribution in [-0.2, 0) is 6.61 Å². The summed E-state index contributed by atoms with van der Waals surface area (Å²) in [6.07, 6.45) is 0. The van der Waals surface area contributed by atoms with E-state index in [-0.39, 0.29) is 0 Å². The number of para-hydroxylation sites is 1. The van der Waals surface area contributed by atoms with Gasteiger partial charge < -0.3 is 9.72 Å². The Labute approximate surface area is 119 Å². The zero-order valence-electron chi connectivity index (χ0n) is 10.5. The van der Waals surface area contributed by atoms with Crippen molar-refractivity contribution in [1.82, 2.24) is 9.97 Å². The molecule has 0 aliphatic heterocycles. The summed E-state index contributed by atoms with van der Waals surface area (Å²) in [6.45, 7) is 2.49. The second-order valence-electron chi connectivity index (χ2n) is 4.40. The first-order valence-corrected chi connectivity index (χ1v) is 6.84. The molecule has 1 aromatic heterocycles. The Morgan fingerprint density at radius 2 is 2.00 bits per heavy atom. The minimum Gasteiger partial charge on any atom is -0.486 e. The predicted octanol–water partition coefficient (Wildman–Crippen LogP) is 4.21. The number of hydrogen-bond donors (Lipinski definition) is 1. The zero-order valence-corrected chi connectivity index (χ0v) is 12.1. The second-order valence-corrected chi connectivity index (χ2v) is 5.32. The number of fused-ring (bicyclic) bond motifs is 1. The van der Waals surface area contributed by atoms with E-state index in [9.17, 15) is 0 Å². The normalized spacial score (nSPS) is 10.8. The Kier molecular flexibility index (Phi) is 3.25. The van der Waals surface area contributed by atoms with Crippen molar-refractivity contribution in [3.8, 4) is 5.75 Å². The first-order valence-electron chi connectivity index (χ1n) is 6.05. The zero-order chi connectivity index (χ0) is 13.2. The van der Waals surface area contributed by atoms with Gasteiger partial charge in [0.1, 0.15) is 18.2 Å². The van der Waals surface area contributed by atoms with Crippen LogP contribution < -0.4 is 4.74 Å². The highest BCUT2D eigenvalue weighted by Gasteiger charge is 2.07. The summed E-state index contributed by atoms with van der Waals surface area (Å²) in [5.74, 6) is 1.68. The molecule has 0 saturated carbocycles. The average molecular weight is 317 g/mol. The third kappa shape index (κ3) is 2.63. The van der Waals surface area contributed by atoms with Crippen LogP contribution in [0.1, 0.15) is 11.4 Å². The van der Waals surface area contributed by atoms with Gasteiger partial charge in [-0.25, -0.2) is 4.98 Å². The lowest BCUT2D eigenvalue weighted by Gasteiger charge is -2.02. The smallest absolute Gasteiger partial charge is 0.146 e. The summed E-state index contributed by atoms with van der Waals surface area (Å²) in [7, 11) is 0. The molecule has 2 aromatic carbocycles. The second kappa shape index (κ2) is 5.05. The van der Waals surface area contributed by atoms with E-state index in [1.807, 2.05) is 36.4 Å². The highest BCUT2D eigenvalue weighted by Crippen LogP contribution is 2.22. The van der Waals surface area contributed by atoms with E-state index in [4.69, 9.17) is 4.74 Å². The monoisotopic (exact) mass is 316 g/mol. The van der Waals surface area contributed by atoms with E-state index in [0.717, 1.165) is 32.6 Å². The summed E-state index contributed by atoms with van der Waals surface area (Å²) in [5, 5.41) is 0. The summed E-state index contributed by atoms with van der Waals surface area (Å²) in [5.41, 5.74) is 3.17. The van der Waals surface area contributed by atoms with Gasteiger partial charge in [-0.2, -0.15) is 0 Å². The summed E-state index contributed by atoms with van der Waals surface area (Å²) < 4.78 is 6.74. The third-order valence-corrected chi connectivity index (χ3v) is 3.37. The highest BCUT2D eigenvalue weighted by molar-refractivity contribution is 9.10. The van der Waals surface area contributed by atoms with Crippen LogP contribution in [0.25, 0.3) is 11.0 Å². The number of aryl methyl sites for hydroxylation is 1. The fraction of sp³-hybridized carbons (Fsp3) is 0.133. The fourth-order valence-electron chi connectivity index (χ4n) is 2.03. The molecule has 4 heteroatoms. The van der Waals surface area contributed by atoms with Crippen molar-refractivity contribution < 1.29 is 4.74 Å². The number of halogens is 1. The van der Waals surface area contributed by atoms with Gasteiger partial charge in [0.25, 0.3) is 0 Å². The first-order chi connectivity index (χ1) is 9.22. The number of benzene rings is 2. The molecule has 19 heavy (non-hydrogen) atoms. The molecule has 1 N–H and O–H groups in total. The van der Waals surface area contributed by atoms with Gasteiger partial charge in [-0.05, 0) is 36.8 Å². The molecule has 0 aliphatic carbocycles. The van der Waals surface area contributed by atoms with Gasteiger partial charge in [0.2, 0.25) is 0 Å². The first kappa shape index (κ1) is 12.2. The van der Waals surface area contributed by atoms with Gasteiger partial charge in [0, 0.05) is 4.47 Å². The van der Waals surface area contributed by atoms with Gasteiger partial charge in [0.05, 0.1) is 11.0 Å². The molecule has 96 valence electrons. The molecule has 0 radical (unpaired) electrons. The lowest BCUT2D eigenvalue weighted by molar-refractivity contribution is 0.297. The minimum atomic E-state index is 0.440. The van der Waals surface area contributed by atoms with Crippen LogP contribution in [-0.4, -0.2) is 9.97 Å². The van der Waals surface area contributed by atoms with Crippen molar-refractivity contribution in [2.75, 3.05) is 0 Å². The lowest BCUT2D eigenvalue weighted by Crippen LogP contribution is -1.96. The number of H-pyrrole nitrogens is 1. The van der Waals surface area contributed by atoms with Crippen LogP contribution in [0.3, 0.4) is 0 Å². The molecule has 0 aliphatic rings. The van der Waals surface area contributed by atoms with E-state index in [1.54, 1.807) is 0 Å². The van der Waals surface area contributed by atoms with Crippen molar-refractivity contribution in [2.24, 2.45) is 0 Å². The molecule has 0 spiro atoms. The van der Waals surface area contributed by atoms with Gasteiger partial charge in [-0.1, -0.05) is 34.1 Å². The van der Waals surface area contributed by atoms with Crippen LogP contribution in [0.4, 0.5) is 0 Å². The Morgan fingerprint density at radius 3 is 2.79 bits per heavy atom.